The van der Waals surface area contributed by atoms with Gasteiger partial charge in [0.2, 0.25) is 0 Å². The van der Waals surface area contributed by atoms with Gasteiger partial charge in [-0.2, -0.15) is 0 Å². The highest BCUT2D eigenvalue weighted by Gasteiger charge is 2.21. The van der Waals surface area contributed by atoms with Gasteiger partial charge in [0, 0.05) is 0 Å². The molecule has 2 nitrogen and oxygen atoms in total. The number of benzene rings is 3. The van der Waals surface area contributed by atoms with Gasteiger partial charge in [-0.3, -0.25) is 8.99 Å². The predicted octanol–water partition coefficient (Wildman–Crippen LogP) is 8.95. The Morgan fingerprint density at radius 1 is 1.03 bits per heavy atom. The van der Waals surface area contributed by atoms with Crippen LogP contribution in [-0.4, -0.2) is 11.3 Å². The summed E-state index contributed by atoms with van der Waals surface area (Å²) in [6.45, 7) is 17.7. The van der Waals surface area contributed by atoms with Gasteiger partial charge >= 0.3 is 0 Å². The smallest absolute Gasteiger partial charge is 0.278 e. The average molecular weight is 462 g/mol. The third kappa shape index (κ3) is 4.46. The molecule has 1 aliphatic rings. The minimum Gasteiger partial charge on any atom is -0.287 e. The molecule has 2 heteroatoms. The second kappa shape index (κ2) is 8.61. The molecule has 0 aliphatic carbocycles. The van der Waals surface area contributed by atoms with Crippen LogP contribution in [0.15, 0.2) is 82.9 Å². The third-order valence-corrected chi connectivity index (χ3v) is 6.90. The highest BCUT2D eigenvalue weighted by atomic mass is 16.3. The van der Waals surface area contributed by atoms with Crippen molar-refractivity contribution in [2.45, 2.75) is 53.4 Å². The summed E-state index contributed by atoms with van der Waals surface area (Å²) in [6, 6.07) is 21.0. The van der Waals surface area contributed by atoms with Crippen molar-refractivity contribution in [1.29, 1.82) is 0 Å². The fraction of sp³-hybridized carbons (Fsp3) is 0.273. The molecular formula is C33H35NO. The topological polar surface area (TPSA) is 14.3 Å². The zero-order chi connectivity index (χ0) is 24.9. The van der Waals surface area contributed by atoms with Crippen LogP contribution >= 0.6 is 0 Å². The van der Waals surface area contributed by atoms with Crippen molar-refractivity contribution >= 4 is 28.7 Å². The van der Waals surface area contributed by atoms with E-state index in [0.717, 1.165) is 34.4 Å². The van der Waals surface area contributed by atoms with Crippen LogP contribution in [0.5, 0.6) is 0 Å². The Morgan fingerprint density at radius 3 is 2.57 bits per heavy atom. The molecule has 1 aliphatic heterocycles. The van der Waals surface area contributed by atoms with Gasteiger partial charge in [0.15, 0.2) is 0 Å². The Balaban J connectivity index is 1.58. The molecule has 0 saturated carbocycles. The van der Waals surface area contributed by atoms with E-state index in [1.807, 2.05) is 4.58 Å². The molecule has 2 heterocycles. The summed E-state index contributed by atoms with van der Waals surface area (Å²) >= 11 is 0. The van der Waals surface area contributed by atoms with Crippen LogP contribution in [0.2, 0.25) is 0 Å². The number of hydrogen-bond donors (Lipinski definition) is 0. The van der Waals surface area contributed by atoms with Gasteiger partial charge in [0.1, 0.15) is 12.2 Å². The van der Waals surface area contributed by atoms with Crippen molar-refractivity contribution in [2.75, 3.05) is 0 Å². The van der Waals surface area contributed by atoms with Crippen molar-refractivity contribution in [1.82, 2.24) is 0 Å². The Kier molecular flexibility index (Phi) is 5.71. The fourth-order valence-corrected chi connectivity index (χ4v) is 4.95. The largest absolute Gasteiger partial charge is 0.287 e. The zero-order valence-corrected chi connectivity index (χ0v) is 21.8. The number of aryl methyl sites for hydroxylation is 1. The summed E-state index contributed by atoms with van der Waals surface area (Å²) < 4.78 is 8.34. The molecule has 0 saturated heterocycles. The normalized spacial score (nSPS) is 14.4. The predicted molar refractivity (Wildman–Crippen MR) is 149 cm³/mol. The molecule has 0 fully saturated rings. The molecule has 1 aromatic heterocycles. The molecule has 35 heavy (non-hydrogen) atoms. The molecule has 0 bridgehead atoms. The van der Waals surface area contributed by atoms with Crippen LogP contribution in [0.4, 0.5) is 0 Å². The molecule has 0 radical (unpaired) electrons. The van der Waals surface area contributed by atoms with E-state index in [-0.39, 0.29) is 5.41 Å². The molecule has 5 rings (SSSR count). The fourth-order valence-electron chi connectivity index (χ4n) is 4.95. The molecule has 0 atom stereocenters. The lowest BCUT2D eigenvalue weighted by Gasteiger charge is -2.22. The van der Waals surface area contributed by atoms with E-state index in [0.29, 0.717) is 5.92 Å². The maximum absolute atomic E-state index is 6.37. The minimum atomic E-state index is 0.116. The monoisotopic (exact) mass is 461 g/mol. The van der Waals surface area contributed by atoms with Gasteiger partial charge < -0.3 is 0 Å². The van der Waals surface area contributed by atoms with Crippen LogP contribution in [0, 0.1) is 18.9 Å². The standard InChI is InChI=1S/C33H35NO/c1-21(2)15-23-13-14-34(7)30(17-23)28-20-29-27-12-11-25(19-32(27)35-31(29)16-22(28)3)24-9-8-10-26(18-24)33(4,5)6/h8-14,16-21H,7,15H2,1-6H3. The van der Waals surface area contributed by atoms with Crippen molar-refractivity contribution in [2.24, 2.45) is 5.92 Å². The van der Waals surface area contributed by atoms with Crippen molar-refractivity contribution < 1.29 is 8.99 Å². The highest BCUT2D eigenvalue weighted by molar-refractivity contribution is 6.06. The molecular weight excluding hydrogens is 426 g/mol. The molecule has 4 aromatic rings. The Hall–Kier alpha value is -3.52. The second-order valence-electron chi connectivity index (χ2n) is 11.3. The highest BCUT2D eigenvalue weighted by Crippen LogP contribution is 2.37. The van der Waals surface area contributed by atoms with E-state index in [1.165, 1.54) is 33.4 Å². The molecule has 0 unspecified atom stereocenters. The van der Waals surface area contributed by atoms with Crippen molar-refractivity contribution in [3.8, 4) is 11.1 Å². The van der Waals surface area contributed by atoms with Gasteiger partial charge in [-0.1, -0.05) is 94.1 Å². The number of hydrogen-bond acceptors (Lipinski definition) is 0. The lowest BCUT2D eigenvalue weighted by Crippen LogP contribution is -2.16. The molecule has 0 N–H and O–H groups in total. The lowest BCUT2D eigenvalue weighted by molar-refractivity contribution is -0.418. The molecule has 0 spiro atoms. The molecule has 3 aromatic carbocycles. The SMILES string of the molecule is C=[N+]1C=CC(CC(C)C)=C[C-]1c1cc2c(cc1C)[o+][c-]1cc(-c3cccc(C(C)(C)C)c3)ccc21. The van der Waals surface area contributed by atoms with Gasteiger partial charge in [-0.05, 0) is 57.9 Å². The van der Waals surface area contributed by atoms with Crippen molar-refractivity contribution in [3.05, 3.63) is 101 Å². The van der Waals surface area contributed by atoms with E-state index < -0.39 is 0 Å². The van der Waals surface area contributed by atoms with Gasteiger partial charge in [-0.25, -0.2) is 0 Å². The minimum absolute atomic E-state index is 0.116. The Labute approximate surface area is 209 Å². The molecule has 0 amide bonds. The van der Waals surface area contributed by atoms with Crippen LogP contribution in [-0.2, 0) is 5.41 Å². The summed E-state index contributed by atoms with van der Waals surface area (Å²) in [5, 5.41) is 2.29. The zero-order valence-electron chi connectivity index (χ0n) is 21.8. The van der Waals surface area contributed by atoms with E-state index >= 15 is 0 Å². The number of fused-ring (bicyclic) bond motifs is 3. The Bertz CT molecular complexity index is 1500. The third-order valence-electron chi connectivity index (χ3n) is 6.90. The van der Waals surface area contributed by atoms with Crippen LogP contribution in [0.1, 0.15) is 57.7 Å². The van der Waals surface area contributed by atoms with Crippen LogP contribution < -0.4 is 0 Å². The average Bonchev–Trinajstić information content (AvgIpc) is 3.15. The van der Waals surface area contributed by atoms with Crippen LogP contribution in [0.25, 0.3) is 33.1 Å². The van der Waals surface area contributed by atoms with Gasteiger partial charge in [0.25, 0.3) is 11.2 Å². The first-order valence-electron chi connectivity index (χ1n) is 12.5. The van der Waals surface area contributed by atoms with Gasteiger partial charge in [0.05, 0.1) is 6.72 Å². The lowest BCUT2D eigenvalue weighted by atomic mass is 9.85. The first-order chi connectivity index (χ1) is 16.6. The first kappa shape index (κ1) is 23.2. The second-order valence-corrected chi connectivity index (χ2v) is 11.3. The van der Waals surface area contributed by atoms with E-state index in [9.17, 15) is 0 Å². The summed E-state index contributed by atoms with van der Waals surface area (Å²) in [5.41, 5.74) is 9.42. The van der Waals surface area contributed by atoms with E-state index in [1.54, 1.807) is 0 Å². The number of rotatable bonds is 4. The van der Waals surface area contributed by atoms with E-state index in [4.69, 9.17) is 4.42 Å². The quantitative estimate of drug-likeness (QED) is 0.168. The Morgan fingerprint density at radius 2 is 1.83 bits per heavy atom. The number of furan rings is 1. The van der Waals surface area contributed by atoms with Crippen LogP contribution in [0.3, 0.4) is 0 Å². The maximum Gasteiger partial charge on any atom is 0.278 e. The number of nitrogens with zero attached hydrogens (tertiary/aromatic N) is 1. The summed E-state index contributed by atoms with van der Waals surface area (Å²) in [5.74, 6) is 0.614. The number of allylic oxidation sites excluding steroid dienone is 2. The summed E-state index contributed by atoms with van der Waals surface area (Å²) in [4.78, 5) is 0. The summed E-state index contributed by atoms with van der Waals surface area (Å²) in [6.07, 6.45) is 7.59. The molecule has 178 valence electrons. The van der Waals surface area contributed by atoms with Crippen molar-refractivity contribution in [3.63, 3.8) is 0 Å². The van der Waals surface area contributed by atoms with E-state index in [2.05, 4.69) is 121 Å². The maximum atomic E-state index is 6.37. The van der Waals surface area contributed by atoms with Gasteiger partial charge in [-0.15, -0.1) is 18.2 Å². The summed E-state index contributed by atoms with van der Waals surface area (Å²) in [7, 11) is 0. The first-order valence-corrected chi connectivity index (χ1v) is 12.5.